The lowest BCUT2D eigenvalue weighted by molar-refractivity contribution is 0.386. The van der Waals surface area contributed by atoms with E-state index in [-0.39, 0.29) is 0 Å². The number of benzene rings is 4. The smallest absolute Gasteiger partial charge is 0.150 e. The van der Waals surface area contributed by atoms with Crippen LogP contribution in [-0.4, -0.2) is 69.6 Å². The monoisotopic (exact) mass is 1270 g/mol. The van der Waals surface area contributed by atoms with Crippen molar-refractivity contribution in [1.82, 2.24) is 69.6 Å². The molecule has 12 heterocycles. The highest BCUT2D eigenvalue weighted by Gasteiger charge is 2.31. The van der Waals surface area contributed by atoms with E-state index in [0.717, 1.165) is 179 Å². The van der Waals surface area contributed by atoms with Crippen molar-refractivity contribution in [3.05, 3.63) is 189 Å². The predicted molar refractivity (Wildman–Crippen MR) is 371 cm³/mol. The quantitative estimate of drug-likeness (QED) is 0.0820. The molecule has 21 heteroatoms. The number of fused-ring (bicyclic) bond motifs is 7. The number of nitrogens with zero attached hydrogens (tertiary/aromatic N) is 14. The first kappa shape index (κ1) is 54.3. The van der Waals surface area contributed by atoms with Crippen molar-refractivity contribution < 1.29 is 4.52 Å². The molecular weight excluding hydrogens is 1220 g/mol. The van der Waals surface area contributed by atoms with Crippen LogP contribution in [0.5, 0.6) is 0 Å². The van der Waals surface area contributed by atoms with Crippen molar-refractivity contribution in [1.29, 1.82) is 0 Å². The first-order valence-corrected chi connectivity index (χ1v) is 33.9. The lowest BCUT2D eigenvalue weighted by Crippen LogP contribution is -2.07. The van der Waals surface area contributed by atoms with Crippen LogP contribution in [0.2, 0.25) is 0 Å². The molecule has 0 radical (unpaired) electrons. The molecule has 3 fully saturated rings. The van der Waals surface area contributed by atoms with Gasteiger partial charge in [0.15, 0.2) is 5.76 Å². The van der Waals surface area contributed by atoms with Crippen molar-refractivity contribution in [2.45, 2.75) is 83.1 Å². The van der Waals surface area contributed by atoms with Crippen LogP contribution in [0.15, 0.2) is 151 Å². The van der Waals surface area contributed by atoms with Crippen LogP contribution in [0.25, 0.3) is 108 Å². The van der Waals surface area contributed by atoms with E-state index in [2.05, 4.69) is 128 Å². The van der Waals surface area contributed by atoms with E-state index in [9.17, 15) is 0 Å². The number of aryl methyl sites for hydroxylation is 3. The molecule has 0 saturated heterocycles. The molecule has 18 nitrogen and oxygen atoms in total. The van der Waals surface area contributed by atoms with Gasteiger partial charge in [0.2, 0.25) is 0 Å². The summed E-state index contributed by atoms with van der Waals surface area (Å²) in [5.74, 6) is 4.30. The van der Waals surface area contributed by atoms with E-state index in [1.807, 2.05) is 74.6 Å². The van der Waals surface area contributed by atoms with E-state index >= 15 is 0 Å². The summed E-state index contributed by atoms with van der Waals surface area (Å²) in [5, 5.41) is 32.9. The maximum absolute atomic E-state index is 6.39. The fraction of sp³-hybridized carbons (Fsp3) is 0.194. The first-order valence-electron chi connectivity index (χ1n) is 31.4. The minimum Gasteiger partial charge on any atom is -0.360 e. The molecule has 3 aliphatic rings. The minimum atomic E-state index is 0.402. The summed E-state index contributed by atoms with van der Waals surface area (Å²) in [6.07, 6.45) is 14.8. The summed E-state index contributed by atoms with van der Waals surface area (Å²) in [6.45, 7) is 4.44. The van der Waals surface area contributed by atoms with E-state index < -0.39 is 0 Å². The van der Waals surface area contributed by atoms with Gasteiger partial charge in [-0.1, -0.05) is 11.2 Å². The van der Waals surface area contributed by atoms with E-state index in [1.54, 1.807) is 34.0 Å². The van der Waals surface area contributed by atoms with Crippen molar-refractivity contribution >= 4 is 143 Å². The average molecular weight is 1270 g/mol. The molecule has 3 saturated carbocycles. The second-order valence-electron chi connectivity index (χ2n) is 24.9. The Morgan fingerprint density at radius 1 is 0.527 bits per heavy atom. The molecular formula is C72H55N17OS3. The Balaban J connectivity index is 0.667. The number of aromatic nitrogens is 14. The van der Waals surface area contributed by atoms with Crippen LogP contribution >= 0.6 is 34.0 Å². The summed E-state index contributed by atoms with van der Waals surface area (Å²) in [6, 6.07) is 41.8. The zero-order valence-electron chi connectivity index (χ0n) is 50.6. The van der Waals surface area contributed by atoms with Gasteiger partial charge in [0.05, 0.1) is 120 Å². The zero-order chi connectivity index (χ0) is 61.6. The average Bonchev–Trinajstić information content (AvgIpc) is 1.77. The van der Waals surface area contributed by atoms with Gasteiger partial charge in [0.25, 0.3) is 0 Å². The third kappa shape index (κ3) is 9.96. The fourth-order valence-electron chi connectivity index (χ4n) is 12.9. The van der Waals surface area contributed by atoms with E-state index in [4.69, 9.17) is 54.5 Å². The molecule has 3 N–H and O–H groups in total. The second kappa shape index (κ2) is 21.3. The molecule has 3 aliphatic carbocycles. The highest BCUT2D eigenvalue weighted by Crippen LogP contribution is 2.48. The SMILES string of the molecule is Cc1cc(-c2cc3ncccc3c(Nc3ccc4nc(C5CC5)sc4c3)n2)n(Cc2cc(Nc3nc(-c4c(C)noc4Cc4cc(Nc5nc(-c6ccc7c(cnn7C)c6)cc6ncccc56)cc5sc(C6CC6)nc45)cc4ncccc34)cc3sc(C4CC4)nc23)n1. The molecule has 0 bridgehead atoms. The Hall–Kier alpha value is -10.5. The molecule has 452 valence electrons. The molecule has 93 heavy (non-hydrogen) atoms. The Kier molecular flexibility index (Phi) is 12.4. The lowest BCUT2D eigenvalue weighted by atomic mass is 10.0. The Bertz CT molecular complexity index is 5750. The molecule has 0 amide bonds. The molecule has 0 unspecified atom stereocenters. The van der Waals surface area contributed by atoms with Gasteiger partial charge < -0.3 is 20.5 Å². The number of hydrogen-bond acceptors (Lipinski definition) is 19. The predicted octanol–water partition coefficient (Wildman–Crippen LogP) is 17.5. The Labute approximate surface area is 542 Å². The summed E-state index contributed by atoms with van der Waals surface area (Å²) in [4.78, 5) is 46.4. The maximum Gasteiger partial charge on any atom is 0.150 e. The van der Waals surface area contributed by atoms with Gasteiger partial charge in [-0.05, 0) is 173 Å². The Morgan fingerprint density at radius 3 is 1.74 bits per heavy atom. The molecule has 0 spiro atoms. The van der Waals surface area contributed by atoms with Gasteiger partial charge in [0, 0.05) is 99.5 Å². The van der Waals surface area contributed by atoms with Crippen molar-refractivity contribution in [2.24, 2.45) is 7.05 Å². The van der Waals surface area contributed by atoms with Crippen LogP contribution in [0.3, 0.4) is 0 Å². The standard InChI is InChI=1S/C72H55N17OS3/c1-36-23-59(56-32-54-49(8-5-21-74-54)67(81-56)77-45-17-18-51-61(28-45)91-70(83-51)38-10-11-38)89(86-36)35-44-26-47(30-63-66(44)85-72(93-63)40-14-15-40)79-69-50-9-6-22-75-55(50)33-57(82-69)64-37(2)87-90-60(64)27-42-25-46(29-62-65(42)84-71(92-62)39-12-13-39)78-68-48-7-4-20-73-53(48)31-52(80-68)41-16-19-58-43(24-41)34-76-88(58)3/h4-9,16-26,28-34,38-40H,10-15,27,35H2,1-3H3,(H,77,81)(H,78,80)(H,79,82). The van der Waals surface area contributed by atoms with Crippen LogP contribution < -0.4 is 16.0 Å². The third-order valence-electron chi connectivity index (χ3n) is 18.0. The number of nitrogens with one attached hydrogen (secondary N) is 3. The van der Waals surface area contributed by atoms with Gasteiger partial charge >= 0.3 is 0 Å². The molecule has 19 rings (SSSR count). The minimum absolute atomic E-state index is 0.402. The van der Waals surface area contributed by atoms with Gasteiger partial charge in [0.1, 0.15) is 17.5 Å². The van der Waals surface area contributed by atoms with Crippen LogP contribution in [0.1, 0.15) is 99.6 Å². The first-order chi connectivity index (χ1) is 45.6. The molecule has 16 aromatic rings. The topological polar surface area (TPSA) is 214 Å². The largest absolute Gasteiger partial charge is 0.360 e. The summed E-state index contributed by atoms with van der Waals surface area (Å²) in [5.41, 5.74) is 17.7. The number of hydrogen-bond donors (Lipinski definition) is 3. The fourth-order valence-corrected chi connectivity index (χ4v) is 16.5. The van der Waals surface area contributed by atoms with Crippen molar-refractivity contribution in [3.8, 4) is 33.9 Å². The number of rotatable bonds is 16. The van der Waals surface area contributed by atoms with Gasteiger partial charge in [-0.15, -0.1) is 34.0 Å². The summed E-state index contributed by atoms with van der Waals surface area (Å²) < 4.78 is 13.7. The number of pyridine rings is 6. The van der Waals surface area contributed by atoms with Crippen LogP contribution in [-0.2, 0) is 20.0 Å². The molecule has 0 aliphatic heterocycles. The lowest BCUT2D eigenvalue weighted by Gasteiger charge is -2.15. The normalized spacial score (nSPS) is 14.3. The van der Waals surface area contributed by atoms with Gasteiger partial charge in [-0.2, -0.15) is 10.2 Å². The van der Waals surface area contributed by atoms with Gasteiger partial charge in [-0.3, -0.25) is 24.3 Å². The number of thiazole rings is 3. The number of anilines is 6. The van der Waals surface area contributed by atoms with Crippen LogP contribution in [0, 0.1) is 13.8 Å². The van der Waals surface area contributed by atoms with Crippen molar-refractivity contribution in [2.75, 3.05) is 16.0 Å². The summed E-state index contributed by atoms with van der Waals surface area (Å²) >= 11 is 5.32. The third-order valence-corrected chi connectivity index (χ3v) is 21.5. The second-order valence-corrected chi connectivity index (χ2v) is 28.1. The highest BCUT2D eigenvalue weighted by atomic mass is 32.1. The van der Waals surface area contributed by atoms with Crippen LogP contribution in [0.4, 0.5) is 34.5 Å². The van der Waals surface area contributed by atoms with E-state index in [0.29, 0.717) is 53.8 Å². The highest BCUT2D eigenvalue weighted by molar-refractivity contribution is 7.19. The molecule has 4 aromatic carbocycles. The maximum atomic E-state index is 6.39. The zero-order valence-corrected chi connectivity index (χ0v) is 53.1. The summed E-state index contributed by atoms with van der Waals surface area (Å²) in [7, 11) is 1.96. The Morgan fingerprint density at radius 2 is 1.09 bits per heavy atom. The molecule has 0 atom stereocenters. The van der Waals surface area contributed by atoms with Gasteiger partial charge in [-0.25, -0.2) is 29.9 Å². The molecule has 12 aromatic heterocycles. The van der Waals surface area contributed by atoms with Crippen molar-refractivity contribution in [3.63, 3.8) is 0 Å². The van der Waals surface area contributed by atoms with E-state index in [1.165, 1.54) is 22.5 Å².